The molecule has 1 aromatic heterocycles. The Morgan fingerprint density at radius 2 is 2.17 bits per heavy atom. The van der Waals surface area contributed by atoms with E-state index < -0.39 is 11.9 Å². The molecular formula is C18H30F3IN6O2. The maximum atomic E-state index is 12.7. The van der Waals surface area contributed by atoms with Crippen LogP contribution in [-0.2, 0) is 15.7 Å². The van der Waals surface area contributed by atoms with Crippen LogP contribution in [0.5, 0.6) is 0 Å². The van der Waals surface area contributed by atoms with Gasteiger partial charge >= 0.3 is 6.18 Å². The molecule has 0 spiro atoms. The average molecular weight is 546 g/mol. The van der Waals surface area contributed by atoms with E-state index in [9.17, 15) is 13.2 Å². The number of methoxy groups -OCH3 is 1. The number of nitrogens with zero attached hydrogens (tertiary/aromatic N) is 4. The quantitative estimate of drug-likeness (QED) is 0.202. The van der Waals surface area contributed by atoms with Gasteiger partial charge in [0.15, 0.2) is 5.96 Å². The zero-order valence-electron chi connectivity index (χ0n) is 17.2. The van der Waals surface area contributed by atoms with E-state index in [2.05, 4.69) is 30.5 Å². The maximum Gasteiger partial charge on any atom is 0.433 e. The first-order chi connectivity index (χ1) is 13.9. The van der Waals surface area contributed by atoms with Gasteiger partial charge in [-0.05, 0) is 19.4 Å². The number of hydrogen-bond donors (Lipinski definition) is 2. The van der Waals surface area contributed by atoms with Gasteiger partial charge in [-0.25, -0.2) is 9.97 Å². The Morgan fingerprint density at radius 3 is 2.87 bits per heavy atom. The molecule has 0 aliphatic carbocycles. The Hall–Kier alpha value is -1.41. The molecule has 0 bridgehead atoms. The van der Waals surface area contributed by atoms with Gasteiger partial charge in [-0.2, -0.15) is 13.2 Å². The molecule has 2 rings (SSSR count). The van der Waals surface area contributed by atoms with Crippen LogP contribution in [0.2, 0.25) is 0 Å². The predicted octanol–water partition coefficient (Wildman–Crippen LogP) is 2.48. The van der Waals surface area contributed by atoms with Crippen LogP contribution in [-0.4, -0.2) is 80.5 Å². The summed E-state index contributed by atoms with van der Waals surface area (Å²) in [5, 5.41) is 6.04. The number of nitrogens with one attached hydrogen (secondary N) is 2. The molecule has 1 aliphatic heterocycles. The monoisotopic (exact) mass is 546 g/mol. The number of aromatic nitrogens is 2. The molecule has 30 heavy (non-hydrogen) atoms. The van der Waals surface area contributed by atoms with Crippen LogP contribution < -0.4 is 10.6 Å². The van der Waals surface area contributed by atoms with Crippen molar-refractivity contribution in [1.29, 1.82) is 0 Å². The molecule has 0 radical (unpaired) electrons. The molecule has 1 aliphatic rings. The number of halogens is 4. The summed E-state index contributed by atoms with van der Waals surface area (Å²) in [5.41, 5.74) is -0.970. The molecule has 8 nitrogen and oxygen atoms in total. The van der Waals surface area contributed by atoms with E-state index in [1.165, 1.54) is 0 Å². The molecule has 1 saturated heterocycles. The number of aliphatic imine (C=N–C) groups is 1. The van der Waals surface area contributed by atoms with Crippen molar-refractivity contribution >= 4 is 35.9 Å². The van der Waals surface area contributed by atoms with Crippen LogP contribution in [0.3, 0.4) is 0 Å². The zero-order chi connectivity index (χ0) is 21.1. The first-order valence-corrected chi connectivity index (χ1v) is 9.68. The summed E-state index contributed by atoms with van der Waals surface area (Å²) >= 11 is 0. The molecule has 1 unspecified atom stereocenters. The third-order valence-electron chi connectivity index (χ3n) is 4.31. The van der Waals surface area contributed by atoms with Gasteiger partial charge in [-0.15, -0.1) is 24.0 Å². The highest BCUT2D eigenvalue weighted by molar-refractivity contribution is 14.0. The minimum Gasteiger partial charge on any atom is -0.382 e. The van der Waals surface area contributed by atoms with E-state index in [1.54, 1.807) is 7.11 Å². The van der Waals surface area contributed by atoms with Gasteiger partial charge < -0.3 is 25.0 Å². The van der Waals surface area contributed by atoms with Gasteiger partial charge in [0.1, 0.15) is 5.69 Å². The molecule has 1 aromatic rings. The molecule has 0 amide bonds. The summed E-state index contributed by atoms with van der Waals surface area (Å²) in [4.78, 5) is 14.0. The number of hydrogen-bond acceptors (Lipinski definition) is 6. The fourth-order valence-electron chi connectivity index (χ4n) is 2.91. The lowest BCUT2D eigenvalue weighted by atomic mass is 10.1. The van der Waals surface area contributed by atoms with E-state index in [1.807, 2.05) is 6.92 Å². The van der Waals surface area contributed by atoms with Crippen molar-refractivity contribution < 1.29 is 22.6 Å². The molecular weight excluding hydrogens is 516 g/mol. The van der Waals surface area contributed by atoms with E-state index in [-0.39, 0.29) is 29.9 Å². The third kappa shape index (κ3) is 9.16. The van der Waals surface area contributed by atoms with E-state index in [0.29, 0.717) is 38.8 Å². The number of rotatable bonds is 10. The Balaban J connectivity index is 0.00000450. The molecule has 2 N–H and O–H groups in total. The first kappa shape index (κ1) is 26.6. The van der Waals surface area contributed by atoms with Crippen LogP contribution in [0.15, 0.2) is 17.3 Å². The summed E-state index contributed by atoms with van der Waals surface area (Å²) in [6.07, 6.45) is -2.38. The Kier molecular flexibility index (Phi) is 12.3. The third-order valence-corrected chi connectivity index (χ3v) is 4.31. The topological polar surface area (TPSA) is 83.9 Å². The summed E-state index contributed by atoms with van der Waals surface area (Å²) in [5.74, 6) is 1.17. The van der Waals surface area contributed by atoms with Crippen LogP contribution in [0.25, 0.3) is 0 Å². The van der Waals surface area contributed by atoms with Gasteiger partial charge in [0.2, 0.25) is 5.95 Å². The standard InChI is InChI=1S/C18H29F3N6O2.HI/c1-3-22-17(27-9-5-14(12-27)13-29-11-10-28-2)25-8-7-24-16-23-6-4-15(26-16)18(19,20)21;/h4,6,14H,3,5,7-13H2,1-2H3,(H,22,25)(H,23,24,26);1H. The van der Waals surface area contributed by atoms with E-state index in [0.717, 1.165) is 44.3 Å². The minimum absolute atomic E-state index is 0. The maximum absolute atomic E-state index is 12.7. The smallest absolute Gasteiger partial charge is 0.382 e. The van der Waals surface area contributed by atoms with Crippen LogP contribution in [0.4, 0.5) is 19.1 Å². The second-order valence-corrected chi connectivity index (χ2v) is 6.59. The van der Waals surface area contributed by atoms with Crippen LogP contribution in [0.1, 0.15) is 19.0 Å². The van der Waals surface area contributed by atoms with Crippen molar-refractivity contribution in [3.8, 4) is 0 Å². The van der Waals surface area contributed by atoms with Gasteiger partial charge in [-0.3, -0.25) is 4.99 Å². The highest BCUT2D eigenvalue weighted by Gasteiger charge is 2.32. The molecule has 172 valence electrons. The van der Waals surface area contributed by atoms with Gasteiger partial charge in [0.05, 0.1) is 26.4 Å². The number of alkyl halides is 3. The Morgan fingerprint density at radius 1 is 1.37 bits per heavy atom. The Bertz CT molecular complexity index is 651. The summed E-state index contributed by atoms with van der Waals surface area (Å²) in [6, 6.07) is 0.843. The van der Waals surface area contributed by atoms with Gasteiger partial charge in [0, 0.05) is 45.4 Å². The number of anilines is 1. The highest BCUT2D eigenvalue weighted by Crippen LogP contribution is 2.27. The average Bonchev–Trinajstić information content (AvgIpc) is 3.16. The van der Waals surface area contributed by atoms with Crippen molar-refractivity contribution in [2.45, 2.75) is 19.5 Å². The van der Waals surface area contributed by atoms with Crippen molar-refractivity contribution in [3.05, 3.63) is 18.0 Å². The number of likely N-dealkylation sites (tertiary alicyclic amines) is 1. The molecule has 1 fully saturated rings. The largest absolute Gasteiger partial charge is 0.433 e. The number of ether oxygens (including phenoxy) is 2. The van der Waals surface area contributed by atoms with E-state index in [4.69, 9.17) is 9.47 Å². The van der Waals surface area contributed by atoms with Gasteiger partial charge in [-0.1, -0.05) is 0 Å². The predicted molar refractivity (Wildman–Crippen MR) is 119 cm³/mol. The van der Waals surface area contributed by atoms with Crippen molar-refractivity contribution in [2.75, 3.05) is 65.0 Å². The fraction of sp³-hybridized carbons (Fsp3) is 0.722. The minimum atomic E-state index is -4.49. The molecule has 2 heterocycles. The second-order valence-electron chi connectivity index (χ2n) is 6.59. The SMILES string of the molecule is CCNC(=NCCNc1nccc(C(F)(F)F)n1)N1CCC(COCCOC)C1.I. The van der Waals surface area contributed by atoms with Crippen molar-refractivity contribution in [3.63, 3.8) is 0 Å². The number of guanidine groups is 1. The summed E-state index contributed by atoms with van der Waals surface area (Å²) in [6.45, 7) is 7.03. The molecule has 0 saturated carbocycles. The second kappa shape index (κ2) is 13.8. The van der Waals surface area contributed by atoms with Crippen LogP contribution in [0, 0.1) is 5.92 Å². The lowest BCUT2D eigenvalue weighted by Gasteiger charge is -2.21. The molecule has 1 atom stereocenters. The lowest BCUT2D eigenvalue weighted by Crippen LogP contribution is -2.40. The van der Waals surface area contributed by atoms with Crippen LogP contribution >= 0.6 is 24.0 Å². The normalized spacial score (nSPS) is 17.0. The summed E-state index contributed by atoms with van der Waals surface area (Å²) in [7, 11) is 1.65. The molecule has 12 heteroatoms. The van der Waals surface area contributed by atoms with Crippen molar-refractivity contribution in [1.82, 2.24) is 20.2 Å². The highest BCUT2D eigenvalue weighted by atomic mass is 127. The zero-order valence-corrected chi connectivity index (χ0v) is 19.6. The first-order valence-electron chi connectivity index (χ1n) is 9.68. The van der Waals surface area contributed by atoms with Gasteiger partial charge in [0.25, 0.3) is 0 Å². The van der Waals surface area contributed by atoms with Crippen molar-refractivity contribution in [2.24, 2.45) is 10.9 Å². The molecule has 0 aromatic carbocycles. The fourth-order valence-corrected chi connectivity index (χ4v) is 2.91. The Labute approximate surface area is 192 Å². The lowest BCUT2D eigenvalue weighted by molar-refractivity contribution is -0.141. The van der Waals surface area contributed by atoms with E-state index >= 15 is 0 Å². The summed E-state index contributed by atoms with van der Waals surface area (Å²) < 4.78 is 48.7.